The first-order valence-corrected chi connectivity index (χ1v) is 14.9. The third-order valence-corrected chi connectivity index (χ3v) is 8.60. The number of benzene rings is 4. The molecule has 0 saturated heterocycles. The Bertz CT molecular complexity index is 1700. The number of nitrogens with two attached hydrogens (primary N) is 1. The Balaban J connectivity index is 1.52. The summed E-state index contributed by atoms with van der Waals surface area (Å²) in [5.74, 6) is 0.493. The Morgan fingerprint density at radius 3 is 2.32 bits per heavy atom. The number of allylic oxidation sites excluding steroid dienone is 1. The molecule has 0 radical (unpaired) electrons. The summed E-state index contributed by atoms with van der Waals surface area (Å²) in [5.41, 5.74) is 11.0. The number of thioether (sulfide) groups is 1. The van der Waals surface area contributed by atoms with Gasteiger partial charge >= 0.3 is 6.18 Å². The molecule has 2 atom stereocenters. The Hall–Kier alpha value is -4.76. The van der Waals surface area contributed by atoms with Crippen LogP contribution in [0.3, 0.4) is 0 Å². The molecule has 4 aromatic rings. The highest BCUT2D eigenvalue weighted by molar-refractivity contribution is 7.99. The minimum Gasteiger partial charge on any atom is -0.398 e. The first-order chi connectivity index (χ1) is 21.1. The zero-order valence-corrected chi connectivity index (χ0v) is 24.8. The topological polar surface area (TPSA) is 86.3 Å². The summed E-state index contributed by atoms with van der Waals surface area (Å²) in [6, 6.07) is 30.3. The van der Waals surface area contributed by atoms with Gasteiger partial charge in [0.05, 0.1) is 11.6 Å². The molecule has 5 N–H and O–H groups in total. The zero-order valence-electron chi connectivity index (χ0n) is 24.0. The van der Waals surface area contributed by atoms with E-state index in [1.807, 2.05) is 49.4 Å². The predicted octanol–water partition coefficient (Wildman–Crippen LogP) is 8.83. The molecule has 1 heterocycles. The molecular weight excluding hydrogens is 579 g/mol. The van der Waals surface area contributed by atoms with Gasteiger partial charge in [-0.05, 0) is 61.4 Å². The maximum Gasteiger partial charge on any atom is 0.416 e. The van der Waals surface area contributed by atoms with E-state index in [9.17, 15) is 13.2 Å². The third kappa shape index (κ3) is 7.23. The van der Waals surface area contributed by atoms with Crippen molar-refractivity contribution in [2.24, 2.45) is 4.99 Å². The number of anilines is 2. The van der Waals surface area contributed by atoms with Crippen LogP contribution in [0.5, 0.6) is 0 Å². The lowest BCUT2D eigenvalue weighted by atomic mass is 9.93. The fourth-order valence-corrected chi connectivity index (χ4v) is 6.33. The maximum absolute atomic E-state index is 13.3. The molecule has 0 aromatic heterocycles. The lowest BCUT2D eigenvalue weighted by Crippen LogP contribution is -2.34. The van der Waals surface area contributed by atoms with Crippen molar-refractivity contribution in [2.75, 3.05) is 11.1 Å². The maximum atomic E-state index is 13.3. The van der Waals surface area contributed by atoms with Crippen molar-refractivity contribution < 1.29 is 13.2 Å². The van der Waals surface area contributed by atoms with E-state index in [-0.39, 0.29) is 11.3 Å². The van der Waals surface area contributed by atoms with E-state index >= 15 is 0 Å². The number of nitrogen functional groups attached to an aromatic ring is 1. The zero-order chi connectivity index (χ0) is 31.3. The van der Waals surface area contributed by atoms with E-state index in [1.165, 1.54) is 18.3 Å². The minimum atomic E-state index is -4.42. The second kappa shape index (κ2) is 13.3. The van der Waals surface area contributed by atoms with Gasteiger partial charge in [0, 0.05) is 55.8 Å². The molecule has 0 aliphatic carbocycles. The van der Waals surface area contributed by atoms with Crippen LogP contribution in [0.2, 0.25) is 0 Å². The summed E-state index contributed by atoms with van der Waals surface area (Å²) in [5, 5.41) is 14.4. The fourth-order valence-electron chi connectivity index (χ4n) is 5.11. The predicted molar refractivity (Wildman–Crippen MR) is 175 cm³/mol. The number of alkyl halides is 3. The van der Waals surface area contributed by atoms with Gasteiger partial charge in [0.15, 0.2) is 0 Å². The van der Waals surface area contributed by atoms with Crippen molar-refractivity contribution in [3.63, 3.8) is 0 Å². The number of amidine groups is 1. The first kappa shape index (κ1) is 30.7. The van der Waals surface area contributed by atoms with Crippen LogP contribution in [0.4, 0.5) is 24.5 Å². The number of nitrogens with zero attached hydrogens (tertiary/aromatic N) is 1. The average Bonchev–Trinajstić information content (AvgIpc) is 3.02. The second-order valence-electron chi connectivity index (χ2n) is 10.4. The van der Waals surface area contributed by atoms with Crippen LogP contribution < -0.4 is 16.4 Å². The van der Waals surface area contributed by atoms with Crippen LogP contribution in [0.15, 0.2) is 137 Å². The highest BCUT2D eigenvalue weighted by Gasteiger charge is 2.32. The van der Waals surface area contributed by atoms with Crippen LogP contribution in [0.25, 0.3) is 0 Å². The fraction of sp³-hybridized carbons (Fsp3) is 0.143. The van der Waals surface area contributed by atoms with E-state index in [0.717, 1.165) is 39.5 Å². The summed E-state index contributed by atoms with van der Waals surface area (Å²) in [6.45, 7) is 6.27. The van der Waals surface area contributed by atoms with Crippen molar-refractivity contribution in [3.05, 3.63) is 149 Å². The first-order valence-electron chi connectivity index (χ1n) is 14.0. The number of hydrogen-bond donors (Lipinski definition) is 4. The van der Waals surface area contributed by atoms with E-state index in [2.05, 4.69) is 41.5 Å². The molecule has 5 rings (SSSR count). The largest absolute Gasteiger partial charge is 0.416 e. The van der Waals surface area contributed by atoms with E-state index in [4.69, 9.17) is 16.1 Å². The molecule has 0 saturated carbocycles. The third-order valence-electron chi connectivity index (χ3n) is 7.31. The summed E-state index contributed by atoms with van der Waals surface area (Å²) in [4.78, 5) is 6.20. The number of rotatable bonds is 10. The molecule has 1 aliphatic heterocycles. The van der Waals surface area contributed by atoms with Gasteiger partial charge in [-0.3, -0.25) is 4.99 Å². The summed E-state index contributed by atoms with van der Waals surface area (Å²) in [7, 11) is 0. The van der Waals surface area contributed by atoms with E-state index < -0.39 is 11.7 Å². The second-order valence-corrected chi connectivity index (χ2v) is 11.7. The highest BCUT2D eigenvalue weighted by atomic mass is 32.2. The molecule has 0 amide bonds. The van der Waals surface area contributed by atoms with Gasteiger partial charge in [0.25, 0.3) is 0 Å². The highest BCUT2D eigenvalue weighted by Crippen LogP contribution is 2.42. The van der Waals surface area contributed by atoms with Crippen LogP contribution in [-0.2, 0) is 6.18 Å². The van der Waals surface area contributed by atoms with Gasteiger partial charge in [-0.2, -0.15) is 13.2 Å². The van der Waals surface area contributed by atoms with E-state index in [0.29, 0.717) is 34.8 Å². The van der Waals surface area contributed by atoms with Crippen molar-refractivity contribution in [3.8, 4) is 0 Å². The van der Waals surface area contributed by atoms with Gasteiger partial charge in [0.2, 0.25) is 0 Å². The Kier molecular flexibility index (Phi) is 9.25. The van der Waals surface area contributed by atoms with Gasteiger partial charge in [-0.25, -0.2) is 0 Å². The lowest BCUT2D eigenvalue weighted by molar-refractivity contribution is -0.137. The van der Waals surface area contributed by atoms with Gasteiger partial charge < -0.3 is 21.8 Å². The van der Waals surface area contributed by atoms with Crippen LogP contribution in [0.1, 0.15) is 40.8 Å². The van der Waals surface area contributed by atoms with Crippen LogP contribution >= 0.6 is 11.8 Å². The molecule has 2 unspecified atom stereocenters. The smallest absolute Gasteiger partial charge is 0.398 e. The van der Waals surface area contributed by atoms with E-state index in [1.54, 1.807) is 23.9 Å². The Labute approximate surface area is 259 Å². The molecule has 9 heteroatoms. The average molecular weight is 612 g/mol. The van der Waals surface area contributed by atoms with Crippen molar-refractivity contribution in [1.82, 2.24) is 5.32 Å². The van der Waals surface area contributed by atoms with Gasteiger partial charge in [-0.15, -0.1) is 11.8 Å². The van der Waals surface area contributed by atoms with Crippen LogP contribution in [-0.4, -0.2) is 18.1 Å². The summed E-state index contributed by atoms with van der Waals surface area (Å²) >= 11 is 1.74. The number of halogens is 3. The molecule has 0 bridgehead atoms. The van der Waals surface area contributed by atoms with Crippen LogP contribution in [0, 0.1) is 5.41 Å². The van der Waals surface area contributed by atoms with Gasteiger partial charge in [0.1, 0.15) is 5.84 Å². The SMILES string of the molecule is C=C(Nc1ccc(N)c(C=N)c1)C1=C(C)NC(c2ccc(C(F)(F)F)cc2)=NC1CC(Sc1ccccc1)c1ccccc1. The number of nitrogens with one attached hydrogen (secondary N) is 3. The molecule has 44 heavy (non-hydrogen) atoms. The molecule has 224 valence electrons. The molecule has 5 nitrogen and oxygen atoms in total. The lowest BCUT2D eigenvalue weighted by Gasteiger charge is -2.31. The van der Waals surface area contributed by atoms with Crippen molar-refractivity contribution in [2.45, 2.75) is 35.7 Å². The summed E-state index contributed by atoms with van der Waals surface area (Å²) < 4.78 is 39.8. The quantitative estimate of drug-likeness (QED) is 0.0820. The summed E-state index contributed by atoms with van der Waals surface area (Å²) in [6.07, 6.45) is -2.63. The standard InChI is InChI=1S/C35H32F3N5S/c1-22(41-28-17-18-30(40)26(19-28)21-39)33-23(2)42-34(25-13-15-27(16-14-25)35(36,37)38)43-31(33)20-32(24-9-5-3-6-10-24)44-29-11-7-4-8-12-29/h3-19,21,31-32,39,41H,1,20,40H2,2H3,(H,42,43). The number of aliphatic imine (C=N–C) groups is 1. The Morgan fingerprint density at radius 2 is 1.68 bits per heavy atom. The van der Waals surface area contributed by atoms with Crippen molar-refractivity contribution >= 4 is 35.2 Å². The molecule has 0 fully saturated rings. The normalized spacial score (nSPS) is 15.6. The van der Waals surface area contributed by atoms with Crippen molar-refractivity contribution in [1.29, 1.82) is 5.41 Å². The van der Waals surface area contributed by atoms with Gasteiger partial charge in [-0.1, -0.05) is 67.2 Å². The Morgan fingerprint density at radius 1 is 1.02 bits per heavy atom. The molecular formula is C35H32F3N5S. The molecule has 4 aromatic carbocycles. The minimum absolute atomic E-state index is 0.0101. The molecule has 1 aliphatic rings. The number of hydrogen-bond acceptors (Lipinski definition) is 6. The monoisotopic (exact) mass is 611 g/mol. The molecule has 0 spiro atoms.